The van der Waals surface area contributed by atoms with Crippen molar-refractivity contribution in [3.63, 3.8) is 0 Å². The largest absolute Gasteiger partial charge is 0.389 e. The lowest BCUT2D eigenvalue weighted by molar-refractivity contribution is -0.0803. The van der Waals surface area contributed by atoms with Gasteiger partial charge in [-0.1, -0.05) is 5.16 Å². The average molecular weight is 478 g/mol. The Balaban J connectivity index is 1.41. The van der Waals surface area contributed by atoms with Crippen LogP contribution in [-0.2, 0) is 16.1 Å². The summed E-state index contributed by atoms with van der Waals surface area (Å²) in [5, 5.41) is 13.7. The van der Waals surface area contributed by atoms with Crippen LogP contribution in [0.25, 0.3) is 11.0 Å². The molecular weight excluding hydrogens is 442 g/mol. The molecule has 1 saturated heterocycles. The predicted molar refractivity (Wildman–Crippen MR) is 131 cm³/mol. The number of oxime groups is 1. The lowest BCUT2D eigenvalue weighted by Crippen LogP contribution is -2.37. The third kappa shape index (κ3) is 4.58. The fourth-order valence-corrected chi connectivity index (χ4v) is 6.87. The van der Waals surface area contributed by atoms with Gasteiger partial charge in [0.15, 0.2) is 5.65 Å². The number of anilines is 1. The number of fused-ring (bicyclic) bond motifs is 1. The Bertz CT molecular complexity index is 1020. The molecule has 4 heterocycles. The molecule has 2 aromatic rings. The van der Waals surface area contributed by atoms with Crippen LogP contribution in [0.15, 0.2) is 17.5 Å². The lowest BCUT2D eigenvalue weighted by Gasteiger charge is -2.39. The number of pyridine rings is 1. The van der Waals surface area contributed by atoms with Crippen molar-refractivity contribution in [2.45, 2.75) is 83.1 Å². The molecule has 3 aliphatic rings. The first-order valence-electron chi connectivity index (χ1n) is 12.1. The molecule has 2 aliphatic heterocycles. The van der Waals surface area contributed by atoms with Crippen LogP contribution in [0.2, 0.25) is 0 Å². The lowest BCUT2D eigenvalue weighted by atomic mass is 9.79. The van der Waals surface area contributed by atoms with Gasteiger partial charge in [-0.15, -0.1) is 0 Å². The fraction of sp³-hybridized carbons (Fsp3) is 0.696. The summed E-state index contributed by atoms with van der Waals surface area (Å²) in [5.41, 5.74) is 3.45. The molecule has 1 aliphatic carbocycles. The zero-order valence-corrected chi connectivity index (χ0v) is 20.3. The van der Waals surface area contributed by atoms with Crippen molar-refractivity contribution in [2.75, 3.05) is 23.4 Å². The van der Waals surface area contributed by atoms with Crippen molar-refractivity contribution >= 4 is 33.0 Å². The van der Waals surface area contributed by atoms with Gasteiger partial charge in [0.25, 0.3) is 0 Å². The minimum Gasteiger partial charge on any atom is -0.389 e. The minimum atomic E-state index is -2.43. The van der Waals surface area contributed by atoms with Gasteiger partial charge in [-0.25, -0.2) is 9.67 Å². The monoisotopic (exact) mass is 477 g/mol. The predicted octanol–water partition coefficient (Wildman–Crippen LogP) is 4.62. The first-order valence-corrected chi connectivity index (χ1v) is 14.0. The highest BCUT2D eigenvalue weighted by Crippen LogP contribution is 2.45. The Labute approximate surface area is 196 Å². The molecule has 0 amide bonds. The van der Waals surface area contributed by atoms with E-state index < -0.39 is 10.6 Å². The molecule has 10 heteroatoms. The first-order chi connectivity index (χ1) is 15.9. The van der Waals surface area contributed by atoms with E-state index >= 15 is 0 Å². The van der Waals surface area contributed by atoms with Crippen LogP contribution in [0.3, 0.4) is 0 Å². The molecule has 2 fully saturated rings. The van der Waals surface area contributed by atoms with E-state index in [1.165, 1.54) is 0 Å². The fourth-order valence-electron chi connectivity index (χ4n) is 5.34. The van der Waals surface area contributed by atoms with Crippen LogP contribution < -0.4 is 5.32 Å². The molecule has 9 nitrogen and oxygen atoms in total. The molecule has 0 unspecified atom stereocenters. The van der Waals surface area contributed by atoms with Crippen molar-refractivity contribution in [2.24, 2.45) is 5.16 Å². The van der Waals surface area contributed by atoms with Crippen molar-refractivity contribution in [3.8, 4) is 0 Å². The van der Waals surface area contributed by atoms with Gasteiger partial charge in [0.2, 0.25) is 0 Å². The zero-order chi connectivity index (χ0) is 23.1. The smallest absolute Gasteiger partial charge is 0.159 e. The van der Waals surface area contributed by atoms with Gasteiger partial charge in [-0.3, -0.25) is 9.11 Å². The molecule has 0 atom stereocenters. The normalized spacial score (nSPS) is 25.7. The van der Waals surface area contributed by atoms with Crippen molar-refractivity contribution in [1.29, 1.82) is 0 Å². The van der Waals surface area contributed by atoms with E-state index in [1.54, 1.807) is 0 Å². The van der Waals surface area contributed by atoms with E-state index in [1.807, 2.05) is 24.0 Å². The highest BCUT2D eigenvalue weighted by Gasteiger charge is 2.43. The van der Waals surface area contributed by atoms with Gasteiger partial charge in [-0.2, -0.15) is 15.7 Å². The number of rotatable bonds is 6. The Kier molecular flexibility index (Phi) is 6.28. The Morgan fingerprint density at radius 2 is 1.94 bits per heavy atom. The van der Waals surface area contributed by atoms with E-state index in [4.69, 9.17) is 14.6 Å². The summed E-state index contributed by atoms with van der Waals surface area (Å²) in [7, 11) is -2.43. The quantitative estimate of drug-likeness (QED) is 0.556. The molecule has 33 heavy (non-hydrogen) atoms. The highest BCUT2D eigenvalue weighted by molar-refractivity contribution is 8.24. The highest BCUT2D eigenvalue weighted by atomic mass is 32.3. The molecule has 5 rings (SSSR count). The average Bonchev–Trinajstić information content (AvgIpc) is 3.42. The molecular formula is C23H35N5O4S. The maximum atomic E-state index is 10.0. The number of nitrogens with zero attached hydrogens (tertiary/aromatic N) is 4. The van der Waals surface area contributed by atoms with Crippen molar-refractivity contribution in [1.82, 2.24) is 14.8 Å². The third-order valence-corrected chi connectivity index (χ3v) is 9.08. The van der Waals surface area contributed by atoms with Gasteiger partial charge in [0.1, 0.15) is 5.60 Å². The third-order valence-electron chi connectivity index (χ3n) is 7.30. The number of nitrogens with one attached hydrogen (secondary N) is 1. The van der Waals surface area contributed by atoms with E-state index in [9.17, 15) is 9.11 Å². The summed E-state index contributed by atoms with van der Waals surface area (Å²) >= 11 is 0. The summed E-state index contributed by atoms with van der Waals surface area (Å²) in [5.74, 6) is 0.882. The van der Waals surface area contributed by atoms with Gasteiger partial charge in [0.05, 0.1) is 29.1 Å². The summed E-state index contributed by atoms with van der Waals surface area (Å²) in [4.78, 5) is 10.8. The van der Waals surface area contributed by atoms with Crippen LogP contribution in [-0.4, -0.2) is 65.4 Å². The van der Waals surface area contributed by atoms with Crippen molar-refractivity contribution < 1.29 is 18.7 Å². The summed E-state index contributed by atoms with van der Waals surface area (Å²) in [6, 6.07) is 0.165. The molecule has 0 aromatic carbocycles. The molecule has 0 bridgehead atoms. The minimum absolute atomic E-state index is 0.165. The second kappa shape index (κ2) is 9.05. The van der Waals surface area contributed by atoms with Crippen LogP contribution in [0.4, 0.5) is 5.69 Å². The number of ether oxygens (including phenoxy) is 1. The molecule has 1 spiro atoms. The van der Waals surface area contributed by atoms with E-state index in [0.717, 1.165) is 86.1 Å². The van der Waals surface area contributed by atoms with E-state index in [0.29, 0.717) is 17.6 Å². The summed E-state index contributed by atoms with van der Waals surface area (Å²) in [6.45, 7) is 5.60. The molecule has 1 saturated carbocycles. The Hall–Kier alpha value is -1.88. The van der Waals surface area contributed by atoms with Gasteiger partial charge in [-0.05, 0) is 52.4 Å². The van der Waals surface area contributed by atoms with Crippen LogP contribution in [0.5, 0.6) is 0 Å². The zero-order valence-electron chi connectivity index (χ0n) is 19.5. The maximum Gasteiger partial charge on any atom is 0.159 e. The van der Waals surface area contributed by atoms with Gasteiger partial charge in [0, 0.05) is 48.9 Å². The van der Waals surface area contributed by atoms with E-state index in [2.05, 4.69) is 22.5 Å². The molecule has 0 radical (unpaired) electrons. The second-order valence-electron chi connectivity index (χ2n) is 9.52. The number of aryl methyl sites for hydroxylation is 1. The number of hydrogen-bond donors (Lipinski definition) is 3. The maximum absolute atomic E-state index is 10.0. The van der Waals surface area contributed by atoms with Gasteiger partial charge < -0.3 is 14.9 Å². The molecule has 2 aromatic heterocycles. The van der Waals surface area contributed by atoms with E-state index in [-0.39, 0.29) is 11.6 Å². The number of aromatic nitrogens is 3. The Morgan fingerprint density at radius 1 is 1.18 bits per heavy atom. The van der Waals surface area contributed by atoms with Crippen LogP contribution in [0, 0.1) is 0 Å². The molecule has 3 N–H and O–H groups in total. The summed E-state index contributed by atoms with van der Waals surface area (Å²) < 4.78 is 27.8. The topological polar surface area (TPSA) is 114 Å². The van der Waals surface area contributed by atoms with Crippen molar-refractivity contribution in [3.05, 3.63) is 18.0 Å². The summed E-state index contributed by atoms with van der Waals surface area (Å²) in [6.07, 6.45) is 10.2. The Morgan fingerprint density at radius 3 is 2.64 bits per heavy atom. The van der Waals surface area contributed by atoms with Crippen LogP contribution in [0.1, 0.15) is 64.4 Å². The standard InChI is InChI=1S/C23H35N5O4S/c1-3-28-22-19(15-25-28)21(26-16-7-11-33(29,30)12-8-16)18(14-24-22)20-13-23(32-27-20)9-5-17(6-10-23)31-4-2/h14-17,29-30H,3-13H2,1-2H3,(H,24,26). The van der Waals surface area contributed by atoms with Gasteiger partial charge >= 0.3 is 0 Å². The van der Waals surface area contributed by atoms with Crippen LogP contribution >= 0.6 is 10.6 Å². The number of hydrogen-bond acceptors (Lipinski definition) is 8. The molecule has 182 valence electrons. The second-order valence-corrected chi connectivity index (χ2v) is 11.9. The SMILES string of the molecule is CCOC1CCC2(CC1)CC(c1cnc3c(cnn3CC)c1NC1CCS(O)(O)CC1)=NO2. The first kappa shape index (κ1) is 22.9.